The lowest BCUT2D eigenvalue weighted by molar-refractivity contribution is 0.0816. The molecule has 3 nitrogen and oxygen atoms in total. The van der Waals surface area contributed by atoms with Crippen LogP contribution in [0.5, 0.6) is 0 Å². The Balaban J connectivity index is 1.70. The topological polar surface area (TPSA) is 9.72 Å². The van der Waals surface area contributed by atoms with Crippen molar-refractivity contribution in [3.05, 3.63) is 0 Å². The van der Waals surface area contributed by atoms with Gasteiger partial charge in [-0.1, -0.05) is 0 Å². The third kappa shape index (κ3) is 3.94. The highest BCUT2D eigenvalue weighted by molar-refractivity contribution is 4.79. The lowest BCUT2D eigenvalue weighted by atomic mass is 9.97. The normalized spacial score (nSPS) is 30.0. The maximum atomic E-state index is 2.68. The largest absolute Gasteiger partial charge is 0.306 e. The lowest BCUT2D eigenvalue weighted by Gasteiger charge is -2.40. The fourth-order valence-electron chi connectivity index (χ4n) is 3.25. The molecule has 2 fully saturated rings. The van der Waals surface area contributed by atoms with Crippen LogP contribution in [0.25, 0.3) is 0 Å². The van der Waals surface area contributed by atoms with Crippen molar-refractivity contribution in [1.82, 2.24) is 14.7 Å². The molecule has 0 amide bonds. The van der Waals surface area contributed by atoms with Crippen LogP contribution in [0.15, 0.2) is 0 Å². The van der Waals surface area contributed by atoms with Gasteiger partial charge >= 0.3 is 0 Å². The van der Waals surface area contributed by atoms with Crippen LogP contribution < -0.4 is 0 Å². The first-order valence-electron chi connectivity index (χ1n) is 7.30. The van der Waals surface area contributed by atoms with Gasteiger partial charge < -0.3 is 9.80 Å². The van der Waals surface area contributed by atoms with Crippen molar-refractivity contribution in [3.8, 4) is 0 Å². The molecule has 2 saturated heterocycles. The molecule has 0 aromatic rings. The first kappa shape index (κ1) is 13.3. The van der Waals surface area contributed by atoms with Gasteiger partial charge in [0.05, 0.1) is 0 Å². The van der Waals surface area contributed by atoms with Crippen LogP contribution in [0.4, 0.5) is 0 Å². The fraction of sp³-hybridized carbons (Fsp3) is 1.00. The molecule has 0 aromatic heterocycles. The van der Waals surface area contributed by atoms with Gasteiger partial charge in [0.15, 0.2) is 0 Å². The van der Waals surface area contributed by atoms with E-state index in [-0.39, 0.29) is 0 Å². The molecule has 0 radical (unpaired) electrons. The zero-order valence-electron chi connectivity index (χ0n) is 11.9. The Morgan fingerprint density at radius 3 is 2.35 bits per heavy atom. The summed E-state index contributed by atoms with van der Waals surface area (Å²) in [7, 11) is 2.27. The number of piperazine rings is 1. The Bertz CT molecular complexity index is 222. The highest BCUT2D eigenvalue weighted by atomic mass is 15.3. The van der Waals surface area contributed by atoms with Gasteiger partial charge in [0.1, 0.15) is 0 Å². The van der Waals surface area contributed by atoms with E-state index in [1.54, 1.807) is 0 Å². The van der Waals surface area contributed by atoms with Gasteiger partial charge in [0.25, 0.3) is 0 Å². The minimum absolute atomic E-state index is 0.720. The highest BCUT2D eigenvalue weighted by Crippen LogP contribution is 2.17. The van der Waals surface area contributed by atoms with Crippen molar-refractivity contribution in [2.75, 3.05) is 52.9 Å². The molecular formula is C14H29N3. The summed E-state index contributed by atoms with van der Waals surface area (Å²) >= 11 is 0. The first-order valence-corrected chi connectivity index (χ1v) is 7.30. The Hall–Kier alpha value is -0.120. The predicted octanol–water partition coefficient (Wildman–Crippen LogP) is 1.35. The summed E-state index contributed by atoms with van der Waals surface area (Å²) in [5.74, 6) is 0.916. The van der Waals surface area contributed by atoms with E-state index in [0.717, 1.165) is 12.0 Å². The summed E-state index contributed by atoms with van der Waals surface area (Å²) in [6, 6.07) is 0.720. The summed E-state index contributed by atoms with van der Waals surface area (Å²) < 4.78 is 0. The second-order valence-corrected chi connectivity index (χ2v) is 6.20. The monoisotopic (exact) mass is 239 g/mol. The fourth-order valence-corrected chi connectivity index (χ4v) is 3.25. The smallest absolute Gasteiger partial charge is 0.0113 e. The van der Waals surface area contributed by atoms with Gasteiger partial charge in [-0.2, -0.15) is 0 Å². The van der Waals surface area contributed by atoms with E-state index in [1.807, 2.05) is 0 Å². The average molecular weight is 239 g/mol. The summed E-state index contributed by atoms with van der Waals surface area (Å²) in [4.78, 5) is 7.78. The highest BCUT2D eigenvalue weighted by Gasteiger charge is 2.23. The lowest BCUT2D eigenvalue weighted by Crippen LogP contribution is -2.51. The predicted molar refractivity (Wildman–Crippen MR) is 73.4 cm³/mol. The van der Waals surface area contributed by atoms with Gasteiger partial charge in [-0.3, -0.25) is 4.90 Å². The molecule has 2 heterocycles. The molecule has 0 N–H and O–H groups in total. The molecule has 0 bridgehead atoms. The standard InChI is InChI=1S/C14H29N3/c1-13(2)17-9-7-16(8-10-17)12-14-5-4-6-15(3)11-14/h13-14H,4-12H2,1-3H3. The zero-order valence-corrected chi connectivity index (χ0v) is 11.9. The maximum absolute atomic E-state index is 2.68. The van der Waals surface area contributed by atoms with Crippen LogP contribution in [0.2, 0.25) is 0 Å². The van der Waals surface area contributed by atoms with Gasteiger partial charge in [0.2, 0.25) is 0 Å². The third-order valence-electron chi connectivity index (χ3n) is 4.38. The van der Waals surface area contributed by atoms with E-state index in [1.165, 1.54) is 58.7 Å². The number of hydrogen-bond donors (Lipinski definition) is 0. The zero-order chi connectivity index (χ0) is 12.3. The van der Waals surface area contributed by atoms with Crippen molar-refractivity contribution >= 4 is 0 Å². The molecule has 2 aliphatic rings. The third-order valence-corrected chi connectivity index (χ3v) is 4.38. The van der Waals surface area contributed by atoms with Crippen LogP contribution >= 0.6 is 0 Å². The number of hydrogen-bond acceptors (Lipinski definition) is 3. The molecular weight excluding hydrogens is 210 g/mol. The molecule has 0 saturated carbocycles. The first-order chi connectivity index (χ1) is 8.15. The van der Waals surface area contributed by atoms with Crippen LogP contribution in [0, 0.1) is 5.92 Å². The molecule has 0 spiro atoms. The molecule has 1 unspecified atom stereocenters. The second kappa shape index (κ2) is 6.17. The van der Waals surface area contributed by atoms with Gasteiger partial charge in [-0.25, -0.2) is 0 Å². The number of likely N-dealkylation sites (tertiary alicyclic amines) is 1. The molecule has 3 heteroatoms. The van der Waals surface area contributed by atoms with E-state index in [4.69, 9.17) is 0 Å². The van der Waals surface area contributed by atoms with Crippen molar-refractivity contribution in [3.63, 3.8) is 0 Å². The van der Waals surface area contributed by atoms with E-state index in [0.29, 0.717) is 0 Å². The van der Waals surface area contributed by atoms with E-state index in [2.05, 4.69) is 35.6 Å². The number of piperidine rings is 1. The summed E-state index contributed by atoms with van der Waals surface area (Å²) in [5, 5.41) is 0. The molecule has 17 heavy (non-hydrogen) atoms. The van der Waals surface area contributed by atoms with Crippen LogP contribution in [0.1, 0.15) is 26.7 Å². The minimum atomic E-state index is 0.720. The summed E-state index contributed by atoms with van der Waals surface area (Å²) in [6.07, 6.45) is 2.84. The molecule has 2 rings (SSSR count). The molecule has 0 aliphatic carbocycles. The quantitative estimate of drug-likeness (QED) is 0.736. The van der Waals surface area contributed by atoms with Crippen molar-refractivity contribution < 1.29 is 0 Å². The van der Waals surface area contributed by atoms with Crippen molar-refractivity contribution in [2.24, 2.45) is 5.92 Å². The average Bonchev–Trinajstić information content (AvgIpc) is 2.29. The second-order valence-electron chi connectivity index (χ2n) is 6.20. The van der Waals surface area contributed by atoms with Crippen LogP contribution in [-0.4, -0.2) is 73.6 Å². The molecule has 0 aromatic carbocycles. The van der Waals surface area contributed by atoms with Gasteiger partial charge in [-0.15, -0.1) is 0 Å². The Labute approximate surface area is 107 Å². The Morgan fingerprint density at radius 2 is 1.76 bits per heavy atom. The summed E-state index contributed by atoms with van der Waals surface area (Å²) in [5.41, 5.74) is 0. The Morgan fingerprint density at radius 1 is 1.06 bits per heavy atom. The van der Waals surface area contributed by atoms with E-state index >= 15 is 0 Å². The van der Waals surface area contributed by atoms with E-state index < -0.39 is 0 Å². The number of nitrogens with zero attached hydrogens (tertiary/aromatic N) is 3. The van der Waals surface area contributed by atoms with Gasteiger partial charge in [0, 0.05) is 45.3 Å². The SMILES string of the molecule is CC(C)N1CCN(CC2CCCN(C)C2)CC1. The van der Waals surface area contributed by atoms with Gasteiger partial charge in [-0.05, 0) is 46.2 Å². The minimum Gasteiger partial charge on any atom is -0.306 e. The van der Waals surface area contributed by atoms with Crippen LogP contribution in [0.3, 0.4) is 0 Å². The number of rotatable bonds is 3. The van der Waals surface area contributed by atoms with Crippen molar-refractivity contribution in [2.45, 2.75) is 32.7 Å². The van der Waals surface area contributed by atoms with E-state index in [9.17, 15) is 0 Å². The molecule has 100 valence electrons. The van der Waals surface area contributed by atoms with Crippen LogP contribution in [-0.2, 0) is 0 Å². The molecule has 2 aliphatic heterocycles. The van der Waals surface area contributed by atoms with Crippen molar-refractivity contribution in [1.29, 1.82) is 0 Å². The Kier molecular flexibility index (Phi) is 4.83. The molecule has 1 atom stereocenters. The summed E-state index contributed by atoms with van der Waals surface area (Å²) in [6.45, 7) is 13.6. The maximum Gasteiger partial charge on any atom is 0.0113 e.